The van der Waals surface area contributed by atoms with Gasteiger partial charge in [0.05, 0.1) is 5.69 Å². The molecule has 0 unspecified atom stereocenters. The van der Waals surface area contributed by atoms with E-state index in [9.17, 15) is 4.39 Å². The largest absolute Gasteiger partial charge is 0.487 e. The Morgan fingerprint density at radius 2 is 1.88 bits per heavy atom. The molecule has 1 aromatic heterocycles. The maximum absolute atomic E-state index is 12.6. The molecule has 0 N–H and O–H groups in total. The molecule has 2 rings (SSSR count). The van der Waals surface area contributed by atoms with Crippen molar-refractivity contribution in [2.45, 2.75) is 6.61 Å². The van der Waals surface area contributed by atoms with Crippen LogP contribution in [-0.2, 0) is 6.61 Å². The van der Waals surface area contributed by atoms with E-state index in [0.29, 0.717) is 12.4 Å². The van der Waals surface area contributed by atoms with E-state index in [0.717, 1.165) is 10.2 Å². The Kier molecular flexibility index (Phi) is 3.51. The van der Waals surface area contributed by atoms with Crippen molar-refractivity contribution in [2.75, 3.05) is 0 Å². The summed E-state index contributed by atoms with van der Waals surface area (Å²) in [5, 5.41) is 0. The fraction of sp³-hybridized carbons (Fsp3) is 0.0833. The normalized spacial score (nSPS) is 10.1. The van der Waals surface area contributed by atoms with Crippen molar-refractivity contribution >= 4 is 15.9 Å². The highest BCUT2D eigenvalue weighted by Gasteiger charge is 1.97. The van der Waals surface area contributed by atoms with Gasteiger partial charge in [-0.15, -0.1) is 0 Å². The molecule has 1 aromatic carbocycles. The highest BCUT2D eigenvalue weighted by atomic mass is 79.9. The molecular weight excluding hydrogens is 273 g/mol. The zero-order valence-electron chi connectivity index (χ0n) is 8.36. The van der Waals surface area contributed by atoms with E-state index >= 15 is 0 Å². The van der Waals surface area contributed by atoms with Gasteiger partial charge in [-0.05, 0) is 52.3 Å². The molecule has 2 aromatic rings. The maximum atomic E-state index is 12.6. The van der Waals surface area contributed by atoms with E-state index in [1.807, 2.05) is 12.1 Å². The number of benzene rings is 1. The van der Waals surface area contributed by atoms with Crippen molar-refractivity contribution < 1.29 is 9.13 Å². The van der Waals surface area contributed by atoms with Crippen LogP contribution in [-0.4, -0.2) is 4.98 Å². The van der Waals surface area contributed by atoms with Crippen LogP contribution in [0.25, 0.3) is 0 Å². The van der Waals surface area contributed by atoms with E-state index in [-0.39, 0.29) is 5.82 Å². The fourth-order valence-electron chi connectivity index (χ4n) is 1.18. The number of halogens is 2. The lowest BCUT2D eigenvalue weighted by Gasteiger charge is -2.05. The van der Waals surface area contributed by atoms with Crippen molar-refractivity contribution in [3.63, 3.8) is 0 Å². The minimum Gasteiger partial charge on any atom is -0.487 e. The van der Waals surface area contributed by atoms with Crippen molar-refractivity contribution in [3.05, 3.63) is 58.6 Å². The summed E-state index contributed by atoms with van der Waals surface area (Å²) in [7, 11) is 0. The van der Waals surface area contributed by atoms with Crippen molar-refractivity contribution in [1.82, 2.24) is 4.98 Å². The van der Waals surface area contributed by atoms with Crippen LogP contribution in [0.3, 0.4) is 0 Å². The molecule has 0 bridgehead atoms. The zero-order chi connectivity index (χ0) is 11.4. The molecule has 1 heterocycles. The molecule has 0 radical (unpaired) electrons. The predicted molar refractivity (Wildman–Crippen MR) is 62.7 cm³/mol. The molecule has 0 aliphatic carbocycles. The summed E-state index contributed by atoms with van der Waals surface area (Å²) in [5.74, 6) is 0.361. The number of ether oxygens (including phenoxy) is 1. The summed E-state index contributed by atoms with van der Waals surface area (Å²) in [6.45, 7) is 0.374. The van der Waals surface area contributed by atoms with Crippen molar-refractivity contribution in [3.8, 4) is 5.75 Å². The molecule has 0 fully saturated rings. The zero-order valence-corrected chi connectivity index (χ0v) is 9.95. The van der Waals surface area contributed by atoms with Crippen LogP contribution in [0.1, 0.15) is 5.69 Å². The first-order chi connectivity index (χ1) is 7.74. The fourth-order valence-corrected chi connectivity index (χ4v) is 1.41. The smallest absolute Gasteiger partial charge is 0.130 e. The van der Waals surface area contributed by atoms with Crippen molar-refractivity contribution in [2.24, 2.45) is 0 Å². The third-order valence-corrected chi connectivity index (χ3v) is 2.46. The van der Waals surface area contributed by atoms with Gasteiger partial charge in [-0.25, -0.2) is 4.39 Å². The lowest BCUT2D eigenvalue weighted by molar-refractivity contribution is 0.301. The van der Waals surface area contributed by atoms with Crippen molar-refractivity contribution in [1.29, 1.82) is 0 Å². The summed E-state index contributed by atoms with van der Waals surface area (Å²) in [4.78, 5) is 4.16. The first-order valence-corrected chi connectivity index (χ1v) is 5.52. The quantitative estimate of drug-likeness (QED) is 0.858. The second-order valence-corrected chi connectivity index (χ2v) is 4.13. The Morgan fingerprint density at radius 1 is 1.12 bits per heavy atom. The van der Waals surface area contributed by atoms with Gasteiger partial charge in [0.15, 0.2) is 0 Å². The van der Waals surface area contributed by atoms with E-state index in [1.54, 1.807) is 18.3 Å². The lowest BCUT2D eigenvalue weighted by Crippen LogP contribution is -1.97. The van der Waals surface area contributed by atoms with Gasteiger partial charge in [0.25, 0.3) is 0 Å². The van der Waals surface area contributed by atoms with Gasteiger partial charge in [-0.2, -0.15) is 0 Å². The number of hydrogen-bond acceptors (Lipinski definition) is 2. The molecule has 0 saturated carbocycles. The first kappa shape index (κ1) is 11.1. The summed E-state index contributed by atoms with van der Waals surface area (Å²) < 4.78 is 19.0. The molecule has 4 heteroatoms. The molecule has 2 nitrogen and oxygen atoms in total. The average Bonchev–Trinajstić information content (AvgIpc) is 2.30. The van der Waals surface area contributed by atoms with E-state index in [2.05, 4.69) is 20.9 Å². The minimum absolute atomic E-state index is 0.269. The third kappa shape index (κ3) is 3.03. The molecule has 0 atom stereocenters. The highest BCUT2D eigenvalue weighted by Crippen LogP contribution is 2.13. The van der Waals surface area contributed by atoms with Crippen LogP contribution < -0.4 is 4.74 Å². The van der Waals surface area contributed by atoms with Gasteiger partial charge >= 0.3 is 0 Å². The van der Waals surface area contributed by atoms with Crippen LogP contribution in [0, 0.1) is 5.82 Å². The molecule has 0 spiro atoms. The summed E-state index contributed by atoms with van der Waals surface area (Å²) in [5.41, 5.74) is 0.826. The molecule has 0 aliphatic heterocycles. The molecule has 0 amide bonds. The Balaban J connectivity index is 1.97. The van der Waals surface area contributed by atoms with Gasteiger partial charge in [-0.3, -0.25) is 4.98 Å². The van der Waals surface area contributed by atoms with Crippen LogP contribution >= 0.6 is 15.9 Å². The second-order valence-electron chi connectivity index (χ2n) is 3.21. The number of rotatable bonds is 3. The predicted octanol–water partition coefficient (Wildman–Crippen LogP) is 3.56. The van der Waals surface area contributed by atoms with Gasteiger partial charge in [-0.1, -0.05) is 0 Å². The molecule has 0 aliphatic rings. The second kappa shape index (κ2) is 5.07. The summed E-state index contributed by atoms with van der Waals surface area (Å²) >= 11 is 3.30. The average molecular weight is 282 g/mol. The number of pyridine rings is 1. The number of hydrogen-bond donors (Lipinski definition) is 0. The van der Waals surface area contributed by atoms with E-state index in [1.165, 1.54) is 12.1 Å². The monoisotopic (exact) mass is 281 g/mol. The molecule has 82 valence electrons. The maximum Gasteiger partial charge on any atom is 0.130 e. The lowest BCUT2D eigenvalue weighted by atomic mass is 10.3. The van der Waals surface area contributed by atoms with Crippen LogP contribution in [0.5, 0.6) is 5.75 Å². The summed E-state index contributed by atoms with van der Waals surface area (Å²) in [6, 6.07) is 9.68. The van der Waals surface area contributed by atoms with E-state index in [4.69, 9.17) is 4.74 Å². The number of aromatic nitrogens is 1. The van der Waals surface area contributed by atoms with Gasteiger partial charge in [0, 0.05) is 10.7 Å². The Labute approximate surface area is 101 Å². The minimum atomic E-state index is -0.269. The third-order valence-electron chi connectivity index (χ3n) is 1.99. The standard InChI is InChI=1S/C12H9BrFNO/c13-9-1-4-11(15-7-9)8-16-12-5-2-10(14)3-6-12/h1-7H,8H2. The topological polar surface area (TPSA) is 22.1 Å². The molecule has 16 heavy (non-hydrogen) atoms. The highest BCUT2D eigenvalue weighted by molar-refractivity contribution is 9.10. The molecular formula is C12H9BrFNO. The van der Waals surface area contributed by atoms with E-state index < -0.39 is 0 Å². The Morgan fingerprint density at radius 3 is 2.50 bits per heavy atom. The number of nitrogens with zero attached hydrogens (tertiary/aromatic N) is 1. The summed E-state index contributed by atoms with van der Waals surface area (Å²) in [6.07, 6.45) is 1.71. The SMILES string of the molecule is Fc1ccc(OCc2ccc(Br)cn2)cc1. The van der Waals surface area contributed by atoms with Gasteiger partial charge in [0.1, 0.15) is 18.2 Å². The Bertz CT molecular complexity index is 410. The van der Waals surface area contributed by atoms with Gasteiger partial charge < -0.3 is 4.74 Å². The van der Waals surface area contributed by atoms with Gasteiger partial charge in [0.2, 0.25) is 0 Å². The molecule has 0 saturated heterocycles. The first-order valence-electron chi connectivity index (χ1n) is 4.73. The van der Waals surface area contributed by atoms with Crippen LogP contribution in [0.2, 0.25) is 0 Å². The van der Waals surface area contributed by atoms with Crippen LogP contribution in [0.4, 0.5) is 4.39 Å². The van der Waals surface area contributed by atoms with Crippen LogP contribution in [0.15, 0.2) is 47.1 Å². The Hall–Kier alpha value is -1.42.